The van der Waals surface area contributed by atoms with E-state index >= 15 is 0 Å². The van der Waals surface area contributed by atoms with E-state index in [2.05, 4.69) is 23.8 Å². The summed E-state index contributed by atoms with van der Waals surface area (Å²) < 4.78 is 13.2. The van der Waals surface area contributed by atoms with Gasteiger partial charge in [-0.25, -0.2) is 4.39 Å². The molecule has 98 valence electrons. The Balaban J connectivity index is 1.85. The van der Waals surface area contributed by atoms with Gasteiger partial charge in [0.2, 0.25) is 0 Å². The number of hydrogen-bond acceptors (Lipinski definition) is 2. The monoisotopic (exact) mass is 248 g/mol. The van der Waals surface area contributed by atoms with Crippen molar-refractivity contribution in [1.82, 2.24) is 4.90 Å². The smallest absolute Gasteiger partial charge is 0.123 e. The maximum atomic E-state index is 13.2. The molecule has 2 unspecified atom stereocenters. The number of nitrogens with zero attached hydrogens (tertiary/aromatic N) is 2. The topological polar surface area (TPSA) is 6.48 Å². The van der Waals surface area contributed by atoms with Crippen LogP contribution in [0.4, 0.5) is 10.1 Å². The third-order valence-electron chi connectivity index (χ3n) is 4.64. The molecule has 1 aromatic carbocycles. The highest BCUT2D eigenvalue weighted by atomic mass is 19.1. The predicted octanol–water partition coefficient (Wildman–Crippen LogP) is 2.52. The van der Waals surface area contributed by atoms with Gasteiger partial charge in [0.15, 0.2) is 0 Å². The van der Waals surface area contributed by atoms with Crippen LogP contribution >= 0.6 is 0 Å². The number of hydrogen-bond donors (Lipinski definition) is 0. The molecule has 2 aliphatic rings. The SMILES string of the molecule is Cc1cc(F)ccc1N1CC2CN(C)CC2(C)C1. The van der Waals surface area contributed by atoms with Gasteiger partial charge in [-0.3, -0.25) is 0 Å². The first-order chi connectivity index (χ1) is 8.48. The molecule has 2 saturated heterocycles. The molecule has 2 heterocycles. The predicted molar refractivity (Wildman–Crippen MR) is 72.4 cm³/mol. The molecule has 3 rings (SSSR count). The number of anilines is 1. The van der Waals surface area contributed by atoms with Crippen LogP contribution in [-0.2, 0) is 0 Å². The van der Waals surface area contributed by atoms with Gasteiger partial charge in [0.1, 0.15) is 5.82 Å². The molecule has 0 bridgehead atoms. The van der Waals surface area contributed by atoms with Crippen LogP contribution in [0.2, 0.25) is 0 Å². The highest BCUT2D eigenvalue weighted by Crippen LogP contribution is 2.43. The van der Waals surface area contributed by atoms with Crippen molar-refractivity contribution in [3.8, 4) is 0 Å². The zero-order chi connectivity index (χ0) is 12.9. The summed E-state index contributed by atoms with van der Waals surface area (Å²) in [6.07, 6.45) is 0. The van der Waals surface area contributed by atoms with Crippen molar-refractivity contribution in [3.05, 3.63) is 29.6 Å². The van der Waals surface area contributed by atoms with Gasteiger partial charge in [-0.05, 0) is 43.7 Å². The lowest BCUT2D eigenvalue weighted by Crippen LogP contribution is -2.31. The minimum Gasteiger partial charge on any atom is -0.370 e. The largest absolute Gasteiger partial charge is 0.370 e. The van der Waals surface area contributed by atoms with Gasteiger partial charge in [-0.2, -0.15) is 0 Å². The van der Waals surface area contributed by atoms with Crippen LogP contribution in [-0.4, -0.2) is 38.1 Å². The summed E-state index contributed by atoms with van der Waals surface area (Å²) >= 11 is 0. The Morgan fingerprint density at radius 2 is 2.06 bits per heavy atom. The first-order valence-corrected chi connectivity index (χ1v) is 6.68. The van der Waals surface area contributed by atoms with E-state index in [1.54, 1.807) is 12.1 Å². The third-order valence-corrected chi connectivity index (χ3v) is 4.64. The Labute approximate surface area is 108 Å². The van der Waals surface area contributed by atoms with Crippen molar-refractivity contribution in [1.29, 1.82) is 0 Å². The Bertz CT molecular complexity index is 474. The van der Waals surface area contributed by atoms with Crippen LogP contribution in [0.1, 0.15) is 12.5 Å². The Hall–Kier alpha value is -1.09. The van der Waals surface area contributed by atoms with Gasteiger partial charge >= 0.3 is 0 Å². The normalized spacial score (nSPS) is 32.0. The molecular formula is C15H21FN2. The number of rotatable bonds is 1. The second-order valence-electron chi connectivity index (χ2n) is 6.36. The summed E-state index contributed by atoms with van der Waals surface area (Å²) in [6.45, 7) is 8.95. The van der Waals surface area contributed by atoms with E-state index in [0.29, 0.717) is 5.41 Å². The molecule has 18 heavy (non-hydrogen) atoms. The lowest BCUT2D eigenvalue weighted by molar-refractivity contribution is 0.313. The summed E-state index contributed by atoms with van der Waals surface area (Å²) in [5, 5.41) is 0. The summed E-state index contributed by atoms with van der Waals surface area (Å²) in [4.78, 5) is 4.87. The second-order valence-corrected chi connectivity index (χ2v) is 6.36. The highest BCUT2D eigenvalue weighted by molar-refractivity contribution is 5.54. The van der Waals surface area contributed by atoms with Gasteiger partial charge < -0.3 is 9.80 Å². The number of benzene rings is 1. The van der Waals surface area contributed by atoms with Crippen LogP contribution in [0.15, 0.2) is 18.2 Å². The molecule has 0 spiro atoms. The van der Waals surface area contributed by atoms with Crippen LogP contribution in [0.5, 0.6) is 0 Å². The number of fused-ring (bicyclic) bond motifs is 1. The van der Waals surface area contributed by atoms with E-state index in [1.807, 2.05) is 13.0 Å². The van der Waals surface area contributed by atoms with Crippen molar-refractivity contribution >= 4 is 5.69 Å². The first-order valence-electron chi connectivity index (χ1n) is 6.68. The molecule has 0 aliphatic carbocycles. The minimum atomic E-state index is -0.137. The summed E-state index contributed by atoms with van der Waals surface area (Å²) in [5.41, 5.74) is 2.65. The quantitative estimate of drug-likeness (QED) is 0.753. The zero-order valence-electron chi connectivity index (χ0n) is 11.4. The van der Waals surface area contributed by atoms with Gasteiger partial charge in [-0.15, -0.1) is 0 Å². The number of likely N-dealkylation sites (tertiary alicyclic amines) is 1. The molecule has 2 fully saturated rings. The highest BCUT2D eigenvalue weighted by Gasteiger charge is 2.48. The lowest BCUT2D eigenvalue weighted by atomic mass is 9.83. The zero-order valence-corrected chi connectivity index (χ0v) is 11.4. The summed E-state index contributed by atoms with van der Waals surface area (Å²) in [7, 11) is 2.21. The summed E-state index contributed by atoms with van der Waals surface area (Å²) in [6, 6.07) is 5.14. The molecular weight excluding hydrogens is 227 g/mol. The average Bonchev–Trinajstić information content (AvgIpc) is 2.67. The number of halogens is 1. The Morgan fingerprint density at radius 3 is 2.72 bits per heavy atom. The molecule has 1 aromatic rings. The van der Waals surface area contributed by atoms with E-state index < -0.39 is 0 Å². The molecule has 0 saturated carbocycles. The van der Waals surface area contributed by atoms with E-state index in [4.69, 9.17) is 0 Å². The average molecular weight is 248 g/mol. The fourth-order valence-electron chi connectivity index (χ4n) is 3.79. The third kappa shape index (κ3) is 1.81. The van der Waals surface area contributed by atoms with Crippen molar-refractivity contribution in [2.75, 3.05) is 38.1 Å². The van der Waals surface area contributed by atoms with Crippen molar-refractivity contribution < 1.29 is 4.39 Å². The molecule has 3 heteroatoms. The summed E-state index contributed by atoms with van der Waals surface area (Å²) in [5.74, 6) is 0.605. The Morgan fingerprint density at radius 1 is 1.28 bits per heavy atom. The van der Waals surface area contributed by atoms with Crippen LogP contribution < -0.4 is 4.90 Å². The fraction of sp³-hybridized carbons (Fsp3) is 0.600. The molecule has 0 amide bonds. The molecule has 0 aromatic heterocycles. The second kappa shape index (κ2) is 3.95. The molecule has 2 aliphatic heterocycles. The molecule has 2 nitrogen and oxygen atoms in total. The van der Waals surface area contributed by atoms with Crippen LogP contribution in [0, 0.1) is 24.1 Å². The maximum Gasteiger partial charge on any atom is 0.123 e. The number of aryl methyl sites for hydroxylation is 1. The van der Waals surface area contributed by atoms with E-state index in [9.17, 15) is 4.39 Å². The van der Waals surface area contributed by atoms with Crippen LogP contribution in [0.3, 0.4) is 0 Å². The van der Waals surface area contributed by atoms with E-state index in [0.717, 1.165) is 24.6 Å². The van der Waals surface area contributed by atoms with Crippen molar-refractivity contribution in [2.45, 2.75) is 13.8 Å². The van der Waals surface area contributed by atoms with Crippen LogP contribution in [0.25, 0.3) is 0 Å². The fourth-order valence-corrected chi connectivity index (χ4v) is 3.79. The van der Waals surface area contributed by atoms with E-state index in [-0.39, 0.29) is 5.82 Å². The standard InChI is InChI=1S/C15H21FN2/c1-11-6-13(16)4-5-14(11)18-8-12-7-17(3)9-15(12,2)10-18/h4-6,12H,7-10H2,1-3H3. The van der Waals surface area contributed by atoms with Crippen molar-refractivity contribution in [2.24, 2.45) is 11.3 Å². The van der Waals surface area contributed by atoms with Gasteiger partial charge in [0.05, 0.1) is 0 Å². The van der Waals surface area contributed by atoms with Crippen molar-refractivity contribution in [3.63, 3.8) is 0 Å². The lowest BCUT2D eigenvalue weighted by Gasteiger charge is -2.26. The maximum absolute atomic E-state index is 13.2. The van der Waals surface area contributed by atoms with Gasteiger partial charge in [-0.1, -0.05) is 6.92 Å². The molecule has 0 radical (unpaired) electrons. The molecule has 0 N–H and O–H groups in total. The Kier molecular flexibility index (Phi) is 2.63. The molecule has 2 atom stereocenters. The first kappa shape index (κ1) is 12.0. The van der Waals surface area contributed by atoms with E-state index in [1.165, 1.54) is 18.8 Å². The van der Waals surface area contributed by atoms with Gasteiger partial charge in [0, 0.05) is 37.3 Å². The van der Waals surface area contributed by atoms with Gasteiger partial charge in [0.25, 0.3) is 0 Å². The minimum absolute atomic E-state index is 0.137.